The first kappa shape index (κ1) is 6.71. The van der Waals surface area contributed by atoms with Gasteiger partial charge in [0.15, 0.2) is 11.5 Å². The standard InChI is InChI=1S/C10H7NO2/c1-6-11-10-7-4-5-12-8(7)2-3-9(10)13-6/h2-5H,1H3. The molecule has 1 aromatic carbocycles. The molecule has 0 fully saturated rings. The van der Waals surface area contributed by atoms with Crippen LogP contribution >= 0.6 is 0 Å². The molecular formula is C10H7NO2. The molecule has 0 aliphatic rings. The molecule has 3 aromatic rings. The quantitative estimate of drug-likeness (QED) is 0.524. The molecule has 0 aliphatic heterocycles. The zero-order valence-corrected chi connectivity index (χ0v) is 7.07. The number of rotatable bonds is 0. The number of oxazole rings is 1. The van der Waals surface area contributed by atoms with Crippen molar-refractivity contribution in [3.63, 3.8) is 0 Å². The Morgan fingerprint density at radius 2 is 2.00 bits per heavy atom. The van der Waals surface area contributed by atoms with E-state index >= 15 is 0 Å². The summed E-state index contributed by atoms with van der Waals surface area (Å²) in [5.41, 5.74) is 2.54. The van der Waals surface area contributed by atoms with Crippen LogP contribution in [0, 0.1) is 6.92 Å². The minimum atomic E-state index is 0.684. The lowest BCUT2D eigenvalue weighted by Crippen LogP contribution is -1.69. The van der Waals surface area contributed by atoms with Gasteiger partial charge in [0.05, 0.1) is 6.26 Å². The monoisotopic (exact) mass is 173 g/mol. The number of hydrogen-bond acceptors (Lipinski definition) is 3. The molecule has 0 aliphatic carbocycles. The van der Waals surface area contributed by atoms with E-state index in [9.17, 15) is 0 Å². The first-order valence-corrected chi connectivity index (χ1v) is 4.08. The topological polar surface area (TPSA) is 39.2 Å². The second-order valence-corrected chi connectivity index (χ2v) is 2.98. The van der Waals surface area contributed by atoms with Gasteiger partial charge in [-0.15, -0.1) is 0 Å². The van der Waals surface area contributed by atoms with Crippen LogP contribution < -0.4 is 0 Å². The molecule has 3 heteroatoms. The third-order valence-electron chi connectivity index (χ3n) is 2.10. The van der Waals surface area contributed by atoms with Crippen molar-refractivity contribution in [1.29, 1.82) is 0 Å². The summed E-state index contributed by atoms with van der Waals surface area (Å²) in [6, 6.07) is 5.67. The van der Waals surface area contributed by atoms with E-state index < -0.39 is 0 Å². The van der Waals surface area contributed by atoms with Crippen molar-refractivity contribution >= 4 is 22.1 Å². The van der Waals surface area contributed by atoms with Gasteiger partial charge in [-0.2, -0.15) is 0 Å². The Labute approximate surface area is 74.0 Å². The van der Waals surface area contributed by atoms with Gasteiger partial charge >= 0.3 is 0 Å². The molecule has 0 bridgehead atoms. The van der Waals surface area contributed by atoms with Crippen LogP contribution in [0.15, 0.2) is 33.3 Å². The summed E-state index contributed by atoms with van der Waals surface area (Å²) in [6.07, 6.45) is 1.66. The third-order valence-corrected chi connectivity index (χ3v) is 2.10. The van der Waals surface area contributed by atoms with Crippen LogP contribution in [0.1, 0.15) is 5.89 Å². The number of nitrogens with zero attached hydrogens (tertiary/aromatic N) is 1. The van der Waals surface area contributed by atoms with Gasteiger partial charge in [0.1, 0.15) is 11.1 Å². The number of fused-ring (bicyclic) bond motifs is 3. The number of furan rings is 1. The van der Waals surface area contributed by atoms with Gasteiger partial charge in [0, 0.05) is 12.3 Å². The molecule has 13 heavy (non-hydrogen) atoms. The maximum Gasteiger partial charge on any atom is 0.192 e. The second-order valence-electron chi connectivity index (χ2n) is 2.98. The average molecular weight is 173 g/mol. The van der Waals surface area contributed by atoms with Gasteiger partial charge in [-0.05, 0) is 18.2 Å². The minimum Gasteiger partial charge on any atom is -0.464 e. The molecule has 3 nitrogen and oxygen atoms in total. The largest absolute Gasteiger partial charge is 0.464 e. The number of aryl methyl sites for hydroxylation is 1. The van der Waals surface area contributed by atoms with E-state index in [0.717, 1.165) is 22.1 Å². The highest BCUT2D eigenvalue weighted by atomic mass is 16.3. The fourth-order valence-electron chi connectivity index (χ4n) is 1.55. The highest BCUT2D eigenvalue weighted by Crippen LogP contribution is 2.25. The SMILES string of the molecule is Cc1nc2c(ccc3occc32)o1. The Morgan fingerprint density at radius 3 is 2.92 bits per heavy atom. The molecule has 0 amide bonds. The number of benzene rings is 1. The summed E-state index contributed by atoms with van der Waals surface area (Å²) in [5.74, 6) is 0.684. The van der Waals surface area contributed by atoms with Crippen LogP contribution in [0.4, 0.5) is 0 Å². The van der Waals surface area contributed by atoms with Crippen LogP contribution in [-0.4, -0.2) is 4.98 Å². The molecule has 0 spiro atoms. The highest BCUT2D eigenvalue weighted by Gasteiger charge is 2.07. The smallest absolute Gasteiger partial charge is 0.192 e. The molecule has 0 saturated heterocycles. The lowest BCUT2D eigenvalue weighted by molar-refractivity contribution is 0.561. The number of aromatic nitrogens is 1. The van der Waals surface area contributed by atoms with Crippen molar-refractivity contribution in [1.82, 2.24) is 4.98 Å². The van der Waals surface area contributed by atoms with Gasteiger partial charge in [-0.25, -0.2) is 4.98 Å². The van der Waals surface area contributed by atoms with E-state index in [-0.39, 0.29) is 0 Å². The first-order chi connectivity index (χ1) is 6.34. The third kappa shape index (κ3) is 0.811. The van der Waals surface area contributed by atoms with Crippen LogP contribution in [-0.2, 0) is 0 Å². The highest BCUT2D eigenvalue weighted by molar-refractivity contribution is 6.01. The summed E-state index contributed by atoms with van der Waals surface area (Å²) >= 11 is 0. The van der Waals surface area contributed by atoms with Crippen LogP contribution in [0.5, 0.6) is 0 Å². The molecule has 0 atom stereocenters. The maximum atomic E-state index is 5.39. The van der Waals surface area contributed by atoms with E-state index in [0.29, 0.717) is 5.89 Å². The zero-order valence-electron chi connectivity index (χ0n) is 7.07. The molecular weight excluding hydrogens is 166 g/mol. The molecule has 0 unspecified atom stereocenters. The summed E-state index contributed by atoms with van der Waals surface area (Å²) in [7, 11) is 0. The maximum absolute atomic E-state index is 5.39. The fraction of sp³-hybridized carbons (Fsp3) is 0.100. The van der Waals surface area contributed by atoms with Crippen molar-refractivity contribution in [3.05, 3.63) is 30.4 Å². The van der Waals surface area contributed by atoms with Gasteiger partial charge in [0.2, 0.25) is 0 Å². The molecule has 2 heterocycles. The summed E-state index contributed by atoms with van der Waals surface area (Å²) < 4.78 is 10.6. The molecule has 64 valence electrons. The Morgan fingerprint density at radius 1 is 1.15 bits per heavy atom. The van der Waals surface area contributed by atoms with E-state index in [2.05, 4.69) is 4.98 Å². The van der Waals surface area contributed by atoms with E-state index in [1.807, 2.05) is 25.1 Å². The van der Waals surface area contributed by atoms with E-state index in [4.69, 9.17) is 8.83 Å². The predicted octanol–water partition coefficient (Wildman–Crippen LogP) is 2.88. The van der Waals surface area contributed by atoms with Crippen molar-refractivity contribution < 1.29 is 8.83 Å². The normalized spacial score (nSPS) is 11.5. The van der Waals surface area contributed by atoms with Gasteiger partial charge < -0.3 is 8.83 Å². The van der Waals surface area contributed by atoms with E-state index in [1.165, 1.54) is 0 Å². The van der Waals surface area contributed by atoms with Crippen LogP contribution in [0.25, 0.3) is 22.1 Å². The Hall–Kier alpha value is -1.77. The number of hydrogen-bond donors (Lipinski definition) is 0. The molecule has 0 N–H and O–H groups in total. The minimum absolute atomic E-state index is 0.684. The average Bonchev–Trinajstić information content (AvgIpc) is 2.65. The van der Waals surface area contributed by atoms with Crippen molar-refractivity contribution in [2.24, 2.45) is 0 Å². The Bertz CT molecular complexity index is 577. The lowest BCUT2D eigenvalue weighted by Gasteiger charge is -1.86. The van der Waals surface area contributed by atoms with E-state index in [1.54, 1.807) is 6.26 Å². The molecule has 3 rings (SSSR count). The first-order valence-electron chi connectivity index (χ1n) is 4.08. The lowest BCUT2D eigenvalue weighted by atomic mass is 10.2. The Kier molecular flexibility index (Phi) is 1.10. The summed E-state index contributed by atoms with van der Waals surface area (Å²) in [4.78, 5) is 4.29. The van der Waals surface area contributed by atoms with Crippen molar-refractivity contribution in [2.45, 2.75) is 6.92 Å². The summed E-state index contributed by atoms with van der Waals surface area (Å²) in [6.45, 7) is 1.84. The second kappa shape index (κ2) is 2.13. The zero-order chi connectivity index (χ0) is 8.84. The molecule has 0 saturated carbocycles. The van der Waals surface area contributed by atoms with Crippen molar-refractivity contribution in [2.75, 3.05) is 0 Å². The summed E-state index contributed by atoms with van der Waals surface area (Å²) in [5, 5.41) is 1.01. The van der Waals surface area contributed by atoms with Gasteiger partial charge in [-0.1, -0.05) is 0 Å². The van der Waals surface area contributed by atoms with Crippen LogP contribution in [0.3, 0.4) is 0 Å². The van der Waals surface area contributed by atoms with Crippen molar-refractivity contribution in [3.8, 4) is 0 Å². The van der Waals surface area contributed by atoms with Crippen LogP contribution in [0.2, 0.25) is 0 Å². The molecule has 2 aromatic heterocycles. The molecule has 0 radical (unpaired) electrons. The Balaban J connectivity index is 2.64. The van der Waals surface area contributed by atoms with Gasteiger partial charge in [-0.3, -0.25) is 0 Å². The fourth-order valence-corrected chi connectivity index (χ4v) is 1.55. The predicted molar refractivity (Wildman–Crippen MR) is 48.5 cm³/mol. The van der Waals surface area contributed by atoms with Gasteiger partial charge in [0.25, 0.3) is 0 Å².